The summed E-state index contributed by atoms with van der Waals surface area (Å²) in [4.78, 5) is 0. The highest BCUT2D eigenvalue weighted by molar-refractivity contribution is 5.49. The number of nitrogens with one attached hydrogen (secondary N) is 1. The van der Waals surface area contributed by atoms with Crippen molar-refractivity contribution in [3.63, 3.8) is 0 Å². The van der Waals surface area contributed by atoms with Crippen molar-refractivity contribution in [3.8, 4) is 5.75 Å². The van der Waals surface area contributed by atoms with E-state index in [2.05, 4.69) is 5.32 Å². The van der Waals surface area contributed by atoms with Gasteiger partial charge in [0.25, 0.3) is 0 Å². The number of halogens is 1. The minimum atomic E-state index is -0.303. The minimum absolute atomic E-state index is 0.303. The highest BCUT2D eigenvalue weighted by atomic mass is 19.1. The molecule has 0 saturated heterocycles. The van der Waals surface area contributed by atoms with Gasteiger partial charge in [-0.3, -0.25) is 0 Å². The zero-order chi connectivity index (χ0) is 12.5. The van der Waals surface area contributed by atoms with Gasteiger partial charge in [0.05, 0.1) is 32.6 Å². The van der Waals surface area contributed by atoms with Gasteiger partial charge in [-0.2, -0.15) is 0 Å². The minimum Gasteiger partial charge on any atom is -0.497 e. The van der Waals surface area contributed by atoms with E-state index in [1.807, 2.05) is 0 Å². The van der Waals surface area contributed by atoms with Crippen LogP contribution in [0.15, 0.2) is 18.2 Å². The summed E-state index contributed by atoms with van der Waals surface area (Å²) in [7, 11) is 3.16. The van der Waals surface area contributed by atoms with Crippen molar-refractivity contribution < 1.29 is 18.6 Å². The Hall–Kier alpha value is -1.33. The van der Waals surface area contributed by atoms with Crippen molar-refractivity contribution in [2.45, 2.75) is 0 Å². The van der Waals surface area contributed by atoms with Crippen LogP contribution in [0.4, 0.5) is 10.1 Å². The van der Waals surface area contributed by atoms with Crippen molar-refractivity contribution in [2.75, 3.05) is 45.9 Å². The number of ether oxygens (including phenoxy) is 3. The highest BCUT2D eigenvalue weighted by Gasteiger charge is 2.02. The van der Waals surface area contributed by atoms with E-state index < -0.39 is 0 Å². The third-order valence-corrected chi connectivity index (χ3v) is 2.17. The molecule has 0 aliphatic carbocycles. The molecule has 1 N–H and O–H groups in total. The van der Waals surface area contributed by atoms with Crippen LogP contribution < -0.4 is 10.1 Å². The molecular weight excluding hydrogens is 225 g/mol. The Bertz CT molecular complexity index is 334. The molecule has 0 aliphatic heterocycles. The molecule has 0 atom stereocenters. The summed E-state index contributed by atoms with van der Waals surface area (Å²) in [5.74, 6) is 0.317. The Morgan fingerprint density at radius 1 is 1.18 bits per heavy atom. The summed E-state index contributed by atoms with van der Waals surface area (Å²) in [6, 6.07) is 4.56. The molecule has 0 radical (unpaired) electrons. The van der Waals surface area contributed by atoms with E-state index >= 15 is 0 Å². The lowest BCUT2D eigenvalue weighted by molar-refractivity contribution is 0.0759. The second-order valence-electron chi connectivity index (χ2n) is 3.38. The molecule has 0 fully saturated rings. The molecule has 0 bridgehead atoms. The fraction of sp³-hybridized carbons (Fsp3) is 0.500. The summed E-state index contributed by atoms with van der Waals surface area (Å²) >= 11 is 0. The Morgan fingerprint density at radius 3 is 2.71 bits per heavy atom. The van der Waals surface area contributed by atoms with Gasteiger partial charge in [0.1, 0.15) is 11.6 Å². The van der Waals surface area contributed by atoms with Crippen LogP contribution in [0.25, 0.3) is 0 Å². The van der Waals surface area contributed by atoms with E-state index in [0.29, 0.717) is 37.8 Å². The van der Waals surface area contributed by atoms with Crippen molar-refractivity contribution in [2.24, 2.45) is 0 Å². The molecule has 1 aromatic rings. The zero-order valence-corrected chi connectivity index (χ0v) is 10.2. The predicted octanol–water partition coefficient (Wildman–Crippen LogP) is 1.91. The van der Waals surface area contributed by atoms with Crippen LogP contribution in [0, 0.1) is 5.82 Å². The van der Waals surface area contributed by atoms with E-state index in [4.69, 9.17) is 14.2 Å². The Balaban J connectivity index is 2.30. The predicted molar refractivity (Wildman–Crippen MR) is 64.1 cm³/mol. The van der Waals surface area contributed by atoms with Crippen LogP contribution in [-0.4, -0.2) is 40.6 Å². The molecule has 0 aromatic heterocycles. The molecule has 0 aliphatic rings. The summed E-state index contributed by atoms with van der Waals surface area (Å²) in [6.07, 6.45) is 0. The molecule has 1 rings (SSSR count). The van der Waals surface area contributed by atoms with Crippen molar-refractivity contribution >= 4 is 5.69 Å². The monoisotopic (exact) mass is 243 g/mol. The first-order chi connectivity index (χ1) is 8.27. The fourth-order valence-corrected chi connectivity index (χ4v) is 1.27. The number of hydrogen-bond donors (Lipinski definition) is 1. The van der Waals surface area contributed by atoms with Gasteiger partial charge in [0.2, 0.25) is 0 Å². The first kappa shape index (κ1) is 13.7. The summed E-state index contributed by atoms with van der Waals surface area (Å²) < 4.78 is 28.5. The molecule has 0 unspecified atom stereocenters. The second kappa shape index (κ2) is 7.86. The van der Waals surface area contributed by atoms with Crippen LogP contribution in [0.2, 0.25) is 0 Å². The van der Waals surface area contributed by atoms with E-state index in [9.17, 15) is 4.39 Å². The van der Waals surface area contributed by atoms with Gasteiger partial charge in [0, 0.05) is 19.7 Å². The average Bonchev–Trinajstić information content (AvgIpc) is 2.35. The molecule has 96 valence electrons. The highest BCUT2D eigenvalue weighted by Crippen LogP contribution is 2.20. The van der Waals surface area contributed by atoms with Crippen molar-refractivity contribution in [1.82, 2.24) is 0 Å². The smallest absolute Gasteiger partial charge is 0.146 e. The largest absolute Gasteiger partial charge is 0.497 e. The Labute approximate surface area is 101 Å². The third-order valence-electron chi connectivity index (χ3n) is 2.17. The molecular formula is C12H18FNO3. The number of anilines is 1. The first-order valence-electron chi connectivity index (χ1n) is 5.42. The Kier molecular flexibility index (Phi) is 6.35. The lowest BCUT2D eigenvalue weighted by Gasteiger charge is -2.09. The van der Waals surface area contributed by atoms with Gasteiger partial charge in [0.15, 0.2) is 0 Å². The maximum atomic E-state index is 13.4. The third kappa shape index (κ3) is 5.01. The Morgan fingerprint density at radius 2 is 2.00 bits per heavy atom. The van der Waals surface area contributed by atoms with E-state index in [0.717, 1.165) is 0 Å². The molecule has 4 nitrogen and oxygen atoms in total. The lowest BCUT2D eigenvalue weighted by Crippen LogP contribution is -2.12. The quantitative estimate of drug-likeness (QED) is 0.708. The first-order valence-corrected chi connectivity index (χ1v) is 5.42. The summed E-state index contributed by atoms with van der Waals surface area (Å²) in [5.41, 5.74) is 0.416. The molecule has 5 heteroatoms. The van der Waals surface area contributed by atoms with Crippen LogP contribution >= 0.6 is 0 Å². The number of methoxy groups -OCH3 is 2. The topological polar surface area (TPSA) is 39.7 Å². The molecule has 0 heterocycles. The van der Waals surface area contributed by atoms with E-state index in [-0.39, 0.29) is 5.82 Å². The van der Waals surface area contributed by atoms with E-state index in [1.165, 1.54) is 6.07 Å². The van der Waals surface area contributed by atoms with Gasteiger partial charge in [-0.1, -0.05) is 0 Å². The zero-order valence-electron chi connectivity index (χ0n) is 10.2. The standard InChI is InChI=1S/C12H18FNO3/c1-15-7-8-17-6-5-14-12-9-10(16-2)3-4-11(12)13/h3-4,9,14H,5-8H2,1-2H3. The maximum absolute atomic E-state index is 13.4. The van der Waals surface area contributed by atoms with Crippen LogP contribution in [0.5, 0.6) is 5.75 Å². The van der Waals surface area contributed by atoms with Gasteiger partial charge in [-0.15, -0.1) is 0 Å². The average molecular weight is 243 g/mol. The molecule has 0 saturated carbocycles. The number of hydrogen-bond acceptors (Lipinski definition) is 4. The van der Waals surface area contributed by atoms with Crippen molar-refractivity contribution in [3.05, 3.63) is 24.0 Å². The normalized spacial score (nSPS) is 10.3. The van der Waals surface area contributed by atoms with Crippen molar-refractivity contribution in [1.29, 1.82) is 0 Å². The molecule has 17 heavy (non-hydrogen) atoms. The maximum Gasteiger partial charge on any atom is 0.146 e. The van der Waals surface area contributed by atoms with Crippen LogP contribution in [0.3, 0.4) is 0 Å². The van der Waals surface area contributed by atoms with E-state index in [1.54, 1.807) is 26.4 Å². The molecule has 0 amide bonds. The number of rotatable bonds is 8. The van der Waals surface area contributed by atoms with Gasteiger partial charge < -0.3 is 19.5 Å². The fourth-order valence-electron chi connectivity index (χ4n) is 1.27. The van der Waals surface area contributed by atoms with Gasteiger partial charge in [-0.05, 0) is 12.1 Å². The second-order valence-corrected chi connectivity index (χ2v) is 3.38. The van der Waals surface area contributed by atoms with Gasteiger partial charge >= 0.3 is 0 Å². The summed E-state index contributed by atoms with van der Waals surface area (Å²) in [6.45, 7) is 2.14. The molecule has 0 spiro atoms. The van der Waals surface area contributed by atoms with Crippen LogP contribution in [0.1, 0.15) is 0 Å². The summed E-state index contributed by atoms with van der Waals surface area (Å²) in [5, 5.41) is 2.94. The molecule has 1 aromatic carbocycles. The SMILES string of the molecule is COCCOCCNc1cc(OC)ccc1F. The van der Waals surface area contributed by atoms with Gasteiger partial charge in [-0.25, -0.2) is 4.39 Å². The number of benzene rings is 1. The van der Waals surface area contributed by atoms with Crippen LogP contribution in [-0.2, 0) is 9.47 Å². The lowest BCUT2D eigenvalue weighted by atomic mass is 10.3.